The molecule has 0 saturated carbocycles. The van der Waals surface area contributed by atoms with Crippen LogP contribution >= 0.6 is 0 Å². The third-order valence-electron chi connectivity index (χ3n) is 3.34. The first-order valence-corrected chi connectivity index (χ1v) is 5.96. The van der Waals surface area contributed by atoms with Gasteiger partial charge in [0.2, 0.25) is 0 Å². The van der Waals surface area contributed by atoms with E-state index in [1.54, 1.807) is 12.1 Å². The van der Waals surface area contributed by atoms with Crippen LogP contribution in [0.2, 0.25) is 0 Å². The molecule has 2 aromatic carbocycles. The number of para-hydroxylation sites is 1. The van der Waals surface area contributed by atoms with Gasteiger partial charge in [0.05, 0.1) is 11.3 Å². The van der Waals surface area contributed by atoms with Crippen LogP contribution < -0.4 is 0 Å². The predicted octanol–water partition coefficient (Wildman–Crippen LogP) is 3.86. The number of rotatable bonds is 1. The van der Waals surface area contributed by atoms with E-state index < -0.39 is 0 Å². The number of aromatic nitrogens is 1. The summed E-state index contributed by atoms with van der Waals surface area (Å²) in [6.45, 7) is 0. The zero-order chi connectivity index (χ0) is 13.4. The van der Waals surface area contributed by atoms with E-state index in [1.807, 2.05) is 35.9 Å². The van der Waals surface area contributed by atoms with Crippen molar-refractivity contribution < 1.29 is 4.39 Å². The molecule has 0 saturated heterocycles. The Kier molecular flexibility index (Phi) is 2.57. The fourth-order valence-corrected chi connectivity index (χ4v) is 2.45. The Balaban J connectivity index is 2.38. The molecule has 0 aliphatic rings. The summed E-state index contributed by atoms with van der Waals surface area (Å²) in [6, 6.07) is 16.2. The summed E-state index contributed by atoms with van der Waals surface area (Å²) in [4.78, 5) is 0. The Morgan fingerprint density at radius 1 is 1.05 bits per heavy atom. The van der Waals surface area contributed by atoms with E-state index in [0.717, 1.165) is 22.2 Å². The van der Waals surface area contributed by atoms with E-state index >= 15 is 0 Å². The summed E-state index contributed by atoms with van der Waals surface area (Å²) in [6.07, 6.45) is 0. The fraction of sp³-hybridized carbons (Fsp3) is 0.0625. The van der Waals surface area contributed by atoms with Crippen molar-refractivity contribution in [3.05, 3.63) is 59.9 Å². The van der Waals surface area contributed by atoms with E-state index in [4.69, 9.17) is 0 Å². The Bertz CT molecular complexity index is 792. The molecule has 0 aliphatic heterocycles. The summed E-state index contributed by atoms with van der Waals surface area (Å²) < 4.78 is 15.0. The molecular weight excluding hydrogens is 239 g/mol. The van der Waals surface area contributed by atoms with Gasteiger partial charge in [-0.15, -0.1) is 0 Å². The van der Waals surface area contributed by atoms with Gasteiger partial charge < -0.3 is 4.57 Å². The minimum Gasteiger partial charge on any atom is -0.343 e. The highest BCUT2D eigenvalue weighted by Crippen LogP contribution is 2.32. The Morgan fingerprint density at radius 3 is 2.42 bits per heavy atom. The maximum absolute atomic E-state index is 13.0. The zero-order valence-corrected chi connectivity index (χ0v) is 10.4. The van der Waals surface area contributed by atoms with E-state index in [1.165, 1.54) is 12.1 Å². The number of nitriles is 1. The number of benzene rings is 2. The van der Waals surface area contributed by atoms with Crippen molar-refractivity contribution in [3.63, 3.8) is 0 Å². The molecule has 19 heavy (non-hydrogen) atoms. The fourth-order valence-electron chi connectivity index (χ4n) is 2.45. The topological polar surface area (TPSA) is 28.7 Å². The highest BCUT2D eigenvalue weighted by molar-refractivity contribution is 5.94. The lowest BCUT2D eigenvalue weighted by molar-refractivity contribution is 0.628. The molecule has 0 unspecified atom stereocenters. The molecule has 0 atom stereocenters. The number of halogens is 1. The minimum atomic E-state index is -0.277. The van der Waals surface area contributed by atoms with Crippen LogP contribution in [0.5, 0.6) is 0 Å². The van der Waals surface area contributed by atoms with Crippen LogP contribution in [0, 0.1) is 17.1 Å². The third-order valence-corrected chi connectivity index (χ3v) is 3.34. The van der Waals surface area contributed by atoms with E-state index in [0.29, 0.717) is 5.56 Å². The zero-order valence-electron chi connectivity index (χ0n) is 10.4. The van der Waals surface area contributed by atoms with E-state index in [-0.39, 0.29) is 5.82 Å². The second-order valence-corrected chi connectivity index (χ2v) is 4.42. The van der Waals surface area contributed by atoms with Crippen LogP contribution in [0.25, 0.3) is 22.2 Å². The minimum absolute atomic E-state index is 0.277. The van der Waals surface area contributed by atoms with Crippen LogP contribution in [0.1, 0.15) is 5.56 Å². The Morgan fingerprint density at radius 2 is 1.74 bits per heavy atom. The van der Waals surface area contributed by atoms with Gasteiger partial charge >= 0.3 is 0 Å². The standard InChI is InChI=1S/C16H11FN2/c1-19-15-5-3-2-4-13(15)14(10-18)16(19)11-6-8-12(17)9-7-11/h2-9H,1H3. The molecule has 0 aliphatic carbocycles. The molecule has 0 N–H and O–H groups in total. The molecule has 2 nitrogen and oxygen atoms in total. The van der Waals surface area contributed by atoms with Crippen molar-refractivity contribution >= 4 is 10.9 Å². The van der Waals surface area contributed by atoms with Gasteiger partial charge in [-0.05, 0) is 35.9 Å². The smallest absolute Gasteiger partial charge is 0.123 e. The summed E-state index contributed by atoms with van der Waals surface area (Å²) in [5.41, 5.74) is 3.29. The molecule has 0 bridgehead atoms. The molecule has 1 heterocycles. The normalized spacial score (nSPS) is 10.6. The van der Waals surface area contributed by atoms with Crippen LogP contribution in [0.15, 0.2) is 48.5 Å². The molecule has 92 valence electrons. The van der Waals surface area contributed by atoms with Gasteiger partial charge in [-0.2, -0.15) is 5.26 Å². The summed E-state index contributed by atoms with van der Waals surface area (Å²) >= 11 is 0. The third kappa shape index (κ3) is 1.69. The first kappa shape index (κ1) is 11.5. The molecule has 3 rings (SSSR count). The Hall–Kier alpha value is -2.60. The molecule has 3 heteroatoms. The van der Waals surface area contributed by atoms with Gasteiger partial charge in [-0.25, -0.2) is 4.39 Å². The second kappa shape index (κ2) is 4.25. The van der Waals surface area contributed by atoms with Crippen molar-refractivity contribution in [1.29, 1.82) is 5.26 Å². The first-order valence-electron chi connectivity index (χ1n) is 5.96. The van der Waals surface area contributed by atoms with Crippen LogP contribution in [-0.4, -0.2) is 4.57 Å². The average Bonchev–Trinajstić information content (AvgIpc) is 2.73. The highest BCUT2D eigenvalue weighted by Gasteiger charge is 2.15. The summed E-state index contributed by atoms with van der Waals surface area (Å²) in [7, 11) is 1.92. The van der Waals surface area contributed by atoms with Crippen molar-refractivity contribution in [2.45, 2.75) is 0 Å². The number of nitrogens with zero attached hydrogens (tertiary/aromatic N) is 2. The molecule has 0 amide bonds. The number of hydrogen-bond acceptors (Lipinski definition) is 1. The molecule has 3 aromatic rings. The molecular formula is C16H11FN2. The number of aryl methyl sites for hydroxylation is 1. The lowest BCUT2D eigenvalue weighted by atomic mass is 10.1. The van der Waals surface area contributed by atoms with Gasteiger partial charge in [0.1, 0.15) is 11.9 Å². The van der Waals surface area contributed by atoms with Crippen molar-refractivity contribution in [1.82, 2.24) is 4.57 Å². The maximum Gasteiger partial charge on any atom is 0.123 e. The van der Waals surface area contributed by atoms with Gasteiger partial charge in [0.25, 0.3) is 0 Å². The van der Waals surface area contributed by atoms with Gasteiger partial charge in [0, 0.05) is 18.0 Å². The lowest BCUT2D eigenvalue weighted by Crippen LogP contribution is -1.92. The first-order chi connectivity index (χ1) is 9.22. The van der Waals surface area contributed by atoms with Gasteiger partial charge in [0.15, 0.2) is 0 Å². The number of fused-ring (bicyclic) bond motifs is 1. The van der Waals surface area contributed by atoms with Crippen molar-refractivity contribution in [2.75, 3.05) is 0 Å². The lowest BCUT2D eigenvalue weighted by Gasteiger charge is -2.05. The van der Waals surface area contributed by atoms with E-state index in [2.05, 4.69) is 6.07 Å². The Labute approximate surface area is 110 Å². The van der Waals surface area contributed by atoms with Gasteiger partial charge in [-0.1, -0.05) is 18.2 Å². The summed E-state index contributed by atoms with van der Waals surface area (Å²) in [5, 5.41) is 10.3. The quantitative estimate of drug-likeness (QED) is 0.644. The monoisotopic (exact) mass is 250 g/mol. The average molecular weight is 250 g/mol. The van der Waals surface area contributed by atoms with E-state index in [9.17, 15) is 9.65 Å². The molecule has 0 spiro atoms. The SMILES string of the molecule is Cn1c(-c2ccc(F)cc2)c(C#N)c2ccccc21. The van der Waals surface area contributed by atoms with Crippen LogP contribution in [-0.2, 0) is 7.05 Å². The van der Waals surface area contributed by atoms with Crippen LogP contribution in [0.4, 0.5) is 4.39 Å². The predicted molar refractivity (Wildman–Crippen MR) is 73.0 cm³/mol. The summed E-state index contributed by atoms with van der Waals surface area (Å²) in [5.74, 6) is -0.277. The molecule has 1 aromatic heterocycles. The van der Waals surface area contributed by atoms with Gasteiger partial charge in [-0.3, -0.25) is 0 Å². The second-order valence-electron chi connectivity index (χ2n) is 4.42. The number of hydrogen-bond donors (Lipinski definition) is 0. The molecule has 0 fully saturated rings. The highest BCUT2D eigenvalue weighted by atomic mass is 19.1. The molecule has 0 radical (unpaired) electrons. The van der Waals surface area contributed by atoms with Crippen molar-refractivity contribution in [2.24, 2.45) is 7.05 Å². The maximum atomic E-state index is 13.0. The largest absolute Gasteiger partial charge is 0.343 e. The van der Waals surface area contributed by atoms with Crippen molar-refractivity contribution in [3.8, 4) is 17.3 Å². The van der Waals surface area contributed by atoms with Crippen LogP contribution in [0.3, 0.4) is 0 Å².